The lowest BCUT2D eigenvalue weighted by molar-refractivity contribution is -0.0495. The van der Waals surface area contributed by atoms with Crippen LogP contribution in [0.5, 0.6) is 0 Å². The minimum absolute atomic E-state index is 0.0725. The third-order valence-corrected chi connectivity index (χ3v) is 8.00. The molecular formula is C25H28F4N8O3. The molecule has 0 bridgehead atoms. The Morgan fingerprint density at radius 3 is 2.62 bits per heavy atom. The van der Waals surface area contributed by atoms with E-state index in [4.69, 9.17) is 4.63 Å². The summed E-state index contributed by atoms with van der Waals surface area (Å²) in [5.74, 6) is -6.57. The molecule has 40 heavy (non-hydrogen) atoms. The van der Waals surface area contributed by atoms with Gasteiger partial charge in [0.2, 0.25) is 5.92 Å². The van der Waals surface area contributed by atoms with E-state index in [0.29, 0.717) is 22.6 Å². The Morgan fingerprint density at radius 1 is 1.15 bits per heavy atom. The van der Waals surface area contributed by atoms with Crippen molar-refractivity contribution in [2.45, 2.75) is 75.3 Å². The monoisotopic (exact) mass is 564 g/mol. The number of alkyl halides is 4. The van der Waals surface area contributed by atoms with Gasteiger partial charge in [-0.25, -0.2) is 36.5 Å². The number of amides is 3. The first-order valence-electron chi connectivity index (χ1n) is 13.3. The second kappa shape index (κ2) is 9.70. The van der Waals surface area contributed by atoms with Crippen LogP contribution in [0.1, 0.15) is 90.9 Å². The van der Waals surface area contributed by atoms with E-state index in [-0.39, 0.29) is 43.2 Å². The van der Waals surface area contributed by atoms with Gasteiger partial charge >= 0.3 is 6.03 Å². The molecule has 3 fully saturated rings. The molecule has 3 aliphatic rings. The third kappa shape index (κ3) is 5.20. The summed E-state index contributed by atoms with van der Waals surface area (Å²) >= 11 is 0. The van der Waals surface area contributed by atoms with Gasteiger partial charge < -0.3 is 15.5 Å². The van der Waals surface area contributed by atoms with E-state index in [1.807, 2.05) is 0 Å². The highest BCUT2D eigenvalue weighted by Gasteiger charge is 2.42. The highest BCUT2D eigenvalue weighted by Crippen LogP contribution is 2.43. The predicted molar refractivity (Wildman–Crippen MR) is 130 cm³/mol. The van der Waals surface area contributed by atoms with Crippen molar-refractivity contribution >= 4 is 17.6 Å². The highest BCUT2D eigenvalue weighted by molar-refractivity contribution is 5.93. The number of carbonyl (C=O) groups excluding carboxylic acids is 2. The fourth-order valence-electron chi connectivity index (χ4n) is 5.48. The van der Waals surface area contributed by atoms with Crippen molar-refractivity contribution in [1.29, 1.82) is 0 Å². The molecule has 2 aliphatic carbocycles. The Hall–Kier alpha value is -3.78. The zero-order chi connectivity index (χ0) is 28.2. The van der Waals surface area contributed by atoms with Crippen LogP contribution in [0.4, 0.5) is 22.4 Å². The zero-order valence-corrected chi connectivity index (χ0v) is 21.6. The fraction of sp³-hybridized carbons (Fsp3) is 0.600. The smallest absolute Gasteiger partial charge is 0.318 e. The quantitative estimate of drug-likeness (QED) is 0.415. The molecule has 3 aromatic heterocycles. The molecule has 2 saturated carbocycles. The number of hydrogen-bond donors (Lipinski definition) is 2. The maximum Gasteiger partial charge on any atom is 0.318 e. The Labute approximate surface area is 225 Å². The van der Waals surface area contributed by atoms with Gasteiger partial charge in [0.1, 0.15) is 5.69 Å². The van der Waals surface area contributed by atoms with Gasteiger partial charge in [0, 0.05) is 18.8 Å². The van der Waals surface area contributed by atoms with E-state index in [2.05, 4.69) is 31.0 Å². The SMILES string of the molecule is C[C@H](c1cnn2cc(C(NC(=O)c3nonc3C3CC3)C3CCC(F)(F)CC3)nc2c1)N1CC(F)(F)CNC1=O. The van der Waals surface area contributed by atoms with E-state index in [1.54, 1.807) is 19.2 Å². The van der Waals surface area contributed by atoms with E-state index >= 15 is 0 Å². The molecule has 2 N–H and O–H groups in total. The number of nitrogens with zero attached hydrogens (tertiary/aromatic N) is 6. The molecule has 2 atom stereocenters. The maximum atomic E-state index is 14.0. The van der Waals surface area contributed by atoms with Crippen LogP contribution in [-0.4, -0.2) is 66.7 Å². The molecule has 0 spiro atoms. The molecule has 3 amide bonds. The second-order valence-electron chi connectivity index (χ2n) is 11.0. The van der Waals surface area contributed by atoms with Crippen LogP contribution in [0.3, 0.4) is 0 Å². The minimum Gasteiger partial charge on any atom is -0.342 e. The first-order valence-corrected chi connectivity index (χ1v) is 13.3. The Morgan fingerprint density at radius 2 is 1.90 bits per heavy atom. The number of hydrogen-bond acceptors (Lipinski definition) is 7. The van der Waals surface area contributed by atoms with Crippen LogP contribution < -0.4 is 10.6 Å². The molecule has 4 heterocycles. The number of nitrogens with one attached hydrogen (secondary N) is 2. The van der Waals surface area contributed by atoms with Gasteiger partial charge in [-0.3, -0.25) is 4.79 Å². The number of imidazole rings is 1. The van der Waals surface area contributed by atoms with Crippen molar-refractivity contribution in [3.63, 3.8) is 0 Å². The lowest BCUT2D eigenvalue weighted by Crippen LogP contribution is -2.57. The van der Waals surface area contributed by atoms with Gasteiger partial charge in [-0.05, 0) is 55.3 Å². The first kappa shape index (κ1) is 26.4. The number of carbonyl (C=O) groups is 2. The zero-order valence-electron chi connectivity index (χ0n) is 21.6. The summed E-state index contributed by atoms with van der Waals surface area (Å²) in [6, 6.07) is -0.420. The summed E-state index contributed by atoms with van der Waals surface area (Å²) in [6.07, 6.45) is 4.56. The van der Waals surface area contributed by atoms with Crippen molar-refractivity contribution < 1.29 is 31.8 Å². The minimum atomic E-state index is -3.07. The number of aromatic nitrogens is 5. The molecule has 11 nitrogen and oxygen atoms in total. The average Bonchev–Trinajstić information content (AvgIpc) is 3.48. The Balaban J connectivity index is 1.28. The van der Waals surface area contributed by atoms with Crippen LogP contribution in [0, 0.1) is 5.92 Å². The normalized spacial score (nSPS) is 22.6. The van der Waals surface area contributed by atoms with Crippen molar-refractivity contribution in [2.75, 3.05) is 13.1 Å². The standard InChI is InChI=1S/C25H28F4N8O3/c1-13(36-12-25(28,29)11-30-23(36)39)16-8-18-32-17(10-37(18)31-9-16)19(15-4-6-24(26,27)7-5-15)33-22(38)21-20(14-2-3-14)34-40-35-21/h8-10,13-15,19H,2-7,11-12H2,1H3,(H,30,39)(H,33,38)/t13-,19?/m1/s1. The van der Waals surface area contributed by atoms with Crippen LogP contribution >= 0.6 is 0 Å². The average molecular weight is 565 g/mol. The molecule has 214 valence electrons. The van der Waals surface area contributed by atoms with Crippen molar-refractivity contribution in [1.82, 2.24) is 40.4 Å². The number of urea groups is 1. The van der Waals surface area contributed by atoms with Crippen LogP contribution in [0.15, 0.2) is 23.1 Å². The lowest BCUT2D eigenvalue weighted by atomic mass is 9.81. The van der Waals surface area contributed by atoms with E-state index in [9.17, 15) is 27.2 Å². The molecule has 1 saturated heterocycles. The van der Waals surface area contributed by atoms with Crippen LogP contribution in [0.2, 0.25) is 0 Å². The molecule has 0 aromatic carbocycles. The van der Waals surface area contributed by atoms with Gasteiger partial charge in [-0.1, -0.05) is 5.16 Å². The maximum absolute atomic E-state index is 14.0. The van der Waals surface area contributed by atoms with Crippen LogP contribution in [0.25, 0.3) is 5.65 Å². The van der Waals surface area contributed by atoms with Crippen molar-refractivity contribution in [3.05, 3.63) is 41.1 Å². The van der Waals surface area contributed by atoms with E-state index in [1.165, 1.54) is 10.7 Å². The van der Waals surface area contributed by atoms with Gasteiger partial charge in [-0.2, -0.15) is 5.10 Å². The summed E-state index contributed by atoms with van der Waals surface area (Å²) < 4.78 is 62.1. The number of halogens is 4. The molecule has 1 unspecified atom stereocenters. The fourth-order valence-corrected chi connectivity index (χ4v) is 5.48. The Kier molecular flexibility index (Phi) is 6.41. The third-order valence-electron chi connectivity index (χ3n) is 8.00. The summed E-state index contributed by atoms with van der Waals surface area (Å²) in [5.41, 5.74) is 1.80. The van der Waals surface area contributed by atoms with Crippen LogP contribution in [-0.2, 0) is 0 Å². The highest BCUT2D eigenvalue weighted by atomic mass is 19.3. The topological polar surface area (TPSA) is 131 Å². The van der Waals surface area contributed by atoms with Gasteiger partial charge in [0.05, 0.1) is 43.3 Å². The number of rotatable bonds is 7. The summed E-state index contributed by atoms with van der Waals surface area (Å²) in [5, 5.41) is 17.1. The van der Waals surface area contributed by atoms with Crippen molar-refractivity contribution in [2.24, 2.45) is 5.92 Å². The Bertz CT molecular complexity index is 1430. The number of fused-ring (bicyclic) bond motifs is 1. The molecular weight excluding hydrogens is 536 g/mol. The largest absolute Gasteiger partial charge is 0.342 e. The molecule has 15 heteroatoms. The molecule has 3 aromatic rings. The van der Waals surface area contributed by atoms with E-state index in [0.717, 1.165) is 17.7 Å². The summed E-state index contributed by atoms with van der Waals surface area (Å²) in [7, 11) is 0. The summed E-state index contributed by atoms with van der Waals surface area (Å²) in [6.45, 7) is 0.167. The van der Waals surface area contributed by atoms with Gasteiger partial charge in [0.25, 0.3) is 11.8 Å². The van der Waals surface area contributed by atoms with E-state index < -0.39 is 49.0 Å². The lowest BCUT2D eigenvalue weighted by Gasteiger charge is -2.36. The molecule has 6 rings (SSSR count). The summed E-state index contributed by atoms with van der Waals surface area (Å²) in [4.78, 5) is 31.2. The molecule has 1 aliphatic heterocycles. The van der Waals surface area contributed by atoms with Crippen molar-refractivity contribution in [3.8, 4) is 0 Å². The molecule has 0 radical (unpaired) electrons. The predicted octanol–water partition coefficient (Wildman–Crippen LogP) is 4.01. The second-order valence-corrected chi connectivity index (χ2v) is 11.0. The van der Waals surface area contributed by atoms with Gasteiger partial charge in [-0.15, -0.1) is 0 Å². The first-order chi connectivity index (χ1) is 19.0. The van der Waals surface area contributed by atoms with Gasteiger partial charge in [0.15, 0.2) is 11.3 Å².